The number of anilines is 1. The number of rotatable bonds is 3. The fraction of sp³-hybridized carbons (Fsp3) is 0.235. The van der Waals surface area contributed by atoms with Crippen molar-refractivity contribution in [1.82, 2.24) is 0 Å². The number of hydrogen-bond donors (Lipinski definition) is 0. The number of ketones is 1. The smallest absolute Gasteiger partial charge is 0.157 e. The van der Waals surface area contributed by atoms with Crippen LogP contribution in [0.3, 0.4) is 0 Å². The molecule has 0 saturated heterocycles. The van der Waals surface area contributed by atoms with Crippen LogP contribution in [0.4, 0.5) is 5.69 Å². The van der Waals surface area contributed by atoms with Crippen molar-refractivity contribution in [3.63, 3.8) is 0 Å². The lowest BCUT2D eigenvalue weighted by molar-refractivity contribution is -0.114. The zero-order valence-electron chi connectivity index (χ0n) is 11.1. The van der Waals surface area contributed by atoms with Gasteiger partial charge in [-0.05, 0) is 24.8 Å². The summed E-state index contributed by atoms with van der Waals surface area (Å²) in [5.74, 6) is 0.244. The zero-order chi connectivity index (χ0) is 13.2. The average molecular weight is 251 g/mol. The number of fused-ring (bicyclic) bond motifs is 1. The predicted octanol–water partition coefficient (Wildman–Crippen LogP) is 3.91. The van der Waals surface area contributed by atoms with Crippen LogP contribution in [-0.2, 0) is 4.79 Å². The second-order valence-corrected chi connectivity index (χ2v) is 4.84. The molecule has 0 aromatic heterocycles. The Kier molecular flexibility index (Phi) is 3.08. The van der Waals surface area contributed by atoms with Crippen molar-refractivity contribution >= 4 is 22.2 Å². The van der Waals surface area contributed by atoms with Gasteiger partial charge in [0.1, 0.15) is 0 Å². The number of allylic oxidation sites excluding steroid dienone is 2. The highest BCUT2D eigenvalue weighted by Crippen LogP contribution is 2.31. The Morgan fingerprint density at radius 2 is 1.84 bits per heavy atom. The highest BCUT2D eigenvalue weighted by molar-refractivity contribution is 5.97. The largest absolute Gasteiger partial charge is 0.345 e. The van der Waals surface area contributed by atoms with Gasteiger partial charge in [-0.2, -0.15) is 0 Å². The first kappa shape index (κ1) is 12.0. The van der Waals surface area contributed by atoms with Crippen LogP contribution < -0.4 is 4.90 Å². The Hall–Kier alpha value is -2.09. The summed E-state index contributed by atoms with van der Waals surface area (Å²) in [6, 6.07) is 14.7. The van der Waals surface area contributed by atoms with Crippen molar-refractivity contribution in [3.05, 3.63) is 54.2 Å². The van der Waals surface area contributed by atoms with E-state index in [2.05, 4.69) is 54.3 Å². The number of benzene rings is 2. The third kappa shape index (κ3) is 2.14. The summed E-state index contributed by atoms with van der Waals surface area (Å²) >= 11 is 0. The lowest BCUT2D eigenvalue weighted by Crippen LogP contribution is -2.21. The molecule has 1 aliphatic carbocycles. The lowest BCUT2D eigenvalue weighted by Gasteiger charge is -2.25. The van der Waals surface area contributed by atoms with Crippen molar-refractivity contribution in [1.29, 1.82) is 0 Å². The second kappa shape index (κ2) is 4.88. The molecule has 0 aliphatic heterocycles. The molecule has 0 atom stereocenters. The highest BCUT2D eigenvalue weighted by atomic mass is 16.1. The Labute approximate surface area is 113 Å². The van der Waals surface area contributed by atoms with Crippen LogP contribution >= 0.6 is 0 Å². The summed E-state index contributed by atoms with van der Waals surface area (Å²) in [5.41, 5.74) is 2.34. The maximum atomic E-state index is 11.5. The Morgan fingerprint density at radius 1 is 1.05 bits per heavy atom. The molecule has 0 amide bonds. The molecule has 0 unspecified atom stereocenters. The summed E-state index contributed by atoms with van der Waals surface area (Å²) in [6.45, 7) is 3.01. The van der Waals surface area contributed by atoms with E-state index in [-0.39, 0.29) is 5.78 Å². The third-order valence-electron chi connectivity index (χ3n) is 3.68. The van der Waals surface area contributed by atoms with Crippen molar-refractivity contribution < 1.29 is 4.79 Å². The van der Waals surface area contributed by atoms with E-state index in [1.54, 1.807) is 6.08 Å². The Morgan fingerprint density at radius 3 is 2.58 bits per heavy atom. The van der Waals surface area contributed by atoms with E-state index < -0.39 is 0 Å². The number of carbonyl (C=O) groups is 1. The molecule has 0 saturated carbocycles. The second-order valence-electron chi connectivity index (χ2n) is 4.84. The summed E-state index contributed by atoms with van der Waals surface area (Å²) in [4.78, 5) is 13.7. The van der Waals surface area contributed by atoms with Crippen LogP contribution in [0.1, 0.15) is 19.8 Å². The number of hydrogen-bond acceptors (Lipinski definition) is 2. The topological polar surface area (TPSA) is 20.3 Å². The predicted molar refractivity (Wildman–Crippen MR) is 79.3 cm³/mol. The first-order valence-corrected chi connectivity index (χ1v) is 6.78. The first-order chi connectivity index (χ1) is 9.29. The van der Waals surface area contributed by atoms with Gasteiger partial charge >= 0.3 is 0 Å². The molecule has 0 bridgehead atoms. The molecule has 0 radical (unpaired) electrons. The highest BCUT2D eigenvalue weighted by Gasteiger charge is 2.19. The molecular weight excluding hydrogens is 234 g/mol. The van der Waals surface area contributed by atoms with Gasteiger partial charge < -0.3 is 4.90 Å². The summed E-state index contributed by atoms with van der Waals surface area (Å²) in [5, 5.41) is 2.48. The van der Waals surface area contributed by atoms with Gasteiger partial charge in [0.2, 0.25) is 0 Å². The molecule has 3 rings (SSSR count). The fourth-order valence-electron chi connectivity index (χ4n) is 2.77. The zero-order valence-corrected chi connectivity index (χ0v) is 11.1. The molecule has 2 aromatic carbocycles. The van der Waals surface area contributed by atoms with Gasteiger partial charge in [-0.1, -0.05) is 36.4 Å². The lowest BCUT2D eigenvalue weighted by atomic mass is 10.1. The van der Waals surface area contributed by atoms with Crippen LogP contribution in [-0.4, -0.2) is 12.3 Å². The molecule has 0 N–H and O–H groups in total. The minimum atomic E-state index is 0.244. The molecule has 0 spiro atoms. The molecule has 19 heavy (non-hydrogen) atoms. The Bertz CT molecular complexity index is 652. The minimum Gasteiger partial charge on any atom is -0.345 e. The average Bonchev–Trinajstić information content (AvgIpc) is 2.86. The van der Waals surface area contributed by atoms with E-state index in [9.17, 15) is 4.79 Å². The maximum Gasteiger partial charge on any atom is 0.157 e. The van der Waals surface area contributed by atoms with E-state index in [0.29, 0.717) is 6.42 Å². The van der Waals surface area contributed by atoms with Crippen LogP contribution in [0.5, 0.6) is 0 Å². The summed E-state index contributed by atoms with van der Waals surface area (Å²) in [7, 11) is 0. The minimum absolute atomic E-state index is 0.244. The van der Waals surface area contributed by atoms with E-state index in [0.717, 1.165) is 18.7 Å². The normalized spacial score (nSPS) is 14.8. The molecule has 2 heteroatoms. The van der Waals surface area contributed by atoms with Crippen molar-refractivity contribution in [2.45, 2.75) is 19.8 Å². The van der Waals surface area contributed by atoms with E-state index in [1.165, 1.54) is 16.5 Å². The SMILES string of the molecule is CCN(C1=CC(=O)CC1)c1cccc2ccccc12. The van der Waals surface area contributed by atoms with E-state index in [1.807, 2.05) is 0 Å². The van der Waals surface area contributed by atoms with E-state index in [4.69, 9.17) is 0 Å². The quantitative estimate of drug-likeness (QED) is 0.824. The first-order valence-electron chi connectivity index (χ1n) is 6.78. The number of nitrogens with zero attached hydrogens (tertiary/aromatic N) is 1. The maximum absolute atomic E-state index is 11.5. The molecule has 96 valence electrons. The monoisotopic (exact) mass is 251 g/mol. The van der Waals surface area contributed by atoms with Crippen LogP contribution in [0.25, 0.3) is 10.8 Å². The fourth-order valence-corrected chi connectivity index (χ4v) is 2.77. The van der Waals surface area contributed by atoms with Crippen molar-refractivity contribution in [2.75, 3.05) is 11.4 Å². The molecule has 0 fully saturated rings. The molecule has 2 aromatic rings. The summed E-state index contributed by atoms with van der Waals surface area (Å²) < 4.78 is 0. The van der Waals surface area contributed by atoms with Crippen LogP contribution in [0.15, 0.2) is 54.2 Å². The molecular formula is C17H17NO. The van der Waals surface area contributed by atoms with Gasteiger partial charge in [0.05, 0.1) is 0 Å². The molecule has 0 heterocycles. The van der Waals surface area contributed by atoms with E-state index >= 15 is 0 Å². The van der Waals surface area contributed by atoms with Crippen molar-refractivity contribution in [3.8, 4) is 0 Å². The van der Waals surface area contributed by atoms with Crippen LogP contribution in [0, 0.1) is 0 Å². The Balaban J connectivity index is 2.11. The summed E-state index contributed by atoms with van der Waals surface area (Å²) in [6.07, 6.45) is 3.30. The standard InChI is InChI=1S/C17H17NO/c1-2-18(14-10-11-15(19)12-14)17-9-5-7-13-6-3-4-8-16(13)17/h3-9,12H,2,10-11H2,1H3. The molecule has 1 aliphatic rings. The van der Waals surface area contributed by atoms with Gasteiger partial charge in [-0.15, -0.1) is 0 Å². The number of carbonyl (C=O) groups excluding carboxylic acids is 1. The van der Waals surface area contributed by atoms with Gasteiger partial charge in [0.15, 0.2) is 5.78 Å². The van der Waals surface area contributed by atoms with Gasteiger partial charge in [0.25, 0.3) is 0 Å². The molecule has 2 nitrogen and oxygen atoms in total. The van der Waals surface area contributed by atoms with Gasteiger partial charge in [0, 0.05) is 35.8 Å². The van der Waals surface area contributed by atoms with Gasteiger partial charge in [-0.3, -0.25) is 4.79 Å². The van der Waals surface area contributed by atoms with Crippen LogP contribution in [0.2, 0.25) is 0 Å². The third-order valence-corrected chi connectivity index (χ3v) is 3.68. The van der Waals surface area contributed by atoms with Gasteiger partial charge in [-0.25, -0.2) is 0 Å². The van der Waals surface area contributed by atoms with Crippen molar-refractivity contribution in [2.24, 2.45) is 0 Å².